The van der Waals surface area contributed by atoms with Gasteiger partial charge in [-0.2, -0.15) is 13.2 Å². The summed E-state index contributed by atoms with van der Waals surface area (Å²) in [5.74, 6) is -1.09. The number of urea groups is 1. The molecule has 1 heterocycles. The highest BCUT2D eigenvalue weighted by atomic mass is 32.1. The second-order valence-corrected chi connectivity index (χ2v) is 3.92. The number of nitrogens with one attached hydrogen (secondary N) is 2. The molecule has 1 aromatic rings. The quantitative estimate of drug-likeness (QED) is 0.785. The summed E-state index contributed by atoms with van der Waals surface area (Å²) in [7, 11) is 0. The van der Waals surface area contributed by atoms with Crippen molar-refractivity contribution in [1.82, 2.24) is 10.3 Å². The van der Waals surface area contributed by atoms with Crippen molar-refractivity contribution < 1.29 is 27.9 Å². The van der Waals surface area contributed by atoms with Gasteiger partial charge in [-0.15, -0.1) is 11.3 Å². The molecule has 0 saturated heterocycles. The van der Waals surface area contributed by atoms with Gasteiger partial charge in [0.25, 0.3) is 0 Å². The molecule has 0 radical (unpaired) electrons. The Balaban J connectivity index is 2.45. The summed E-state index contributed by atoms with van der Waals surface area (Å²) in [6.07, 6.45) is -4.84. The Morgan fingerprint density at radius 2 is 2.11 bits per heavy atom. The van der Waals surface area contributed by atoms with Gasteiger partial charge in [0.05, 0.1) is 6.42 Å². The van der Waals surface area contributed by atoms with Gasteiger partial charge in [0.1, 0.15) is 0 Å². The Morgan fingerprint density at radius 1 is 1.44 bits per heavy atom. The Bertz CT molecular complexity index is 446. The summed E-state index contributed by atoms with van der Waals surface area (Å²) < 4.78 is 36.5. The van der Waals surface area contributed by atoms with Crippen molar-refractivity contribution in [3.8, 4) is 0 Å². The number of carboxylic acid groups (broad SMARTS) is 1. The maximum absolute atomic E-state index is 12.2. The van der Waals surface area contributed by atoms with Crippen molar-refractivity contribution in [3.63, 3.8) is 0 Å². The van der Waals surface area contributed by atoms with Crippen LogP contribution in [-0.2, 0) is 11.0 Å². The molecule has 100 valence electrons. The van der Waals surface area contributed by atoms with E-state index in [2.05, 4.69) is 15.6 Å². The molecule has 18 heavy (non-hydrogen) atoms. The van der Waals surface area contributed by atoms with Crippen molar-refractivity contribution in [3.05, 3.63) is 11.1 Å². The number of anilines is 1. The minimum atomic E-state index is -4.56. The van der Waals surface area contributed by atoms with Crippen molar-refractivity contribution >= 4 is 28.5 Å². The summed E-state index contributed by atoms with van der Waals surface area (Å²) >= 11 is 0.625. The summed E-state index contributed by atoms with van der Waals surface area (Å²) in [5, 5.41) is 13.1. The number of carboxylic acids is 1. The highest BCUT2D eigenvalue weighted by Gasteiger charge is 2.33. The molecule has 0 spiro atoms. The third-order valence-electron chi connectivity index (χ3n) is 1.64. The van der Waals surface area contributed by atoms with E-state index in [-0.39, 0.29) is 18.1 Å². The highest BCUT2D eigenvalue weighted by molar-refractivity contribution is 7.13. The molecule has 0 aromatic carbocycles. The molecule has 10 heteroatoms. The number of amides is 2. The molecule has 2 amide bonds. The van der Waals surface area contributed by atoms with Gasteiger partial charge in [-0.05, 0) is 0 Å². The van der Waals surface area contributed by atoms with E-state index in [9.17, 15) is 22.8 Å². The fourth-order valence-corrected chi connectivity index (χ4v) is 1.60. The molecule has 0 atom stereocenters. The van der Waals surface area contributed by atoms with Gasteiger partial charge in [0.15, 0.2) is 10.8 Å². The fourth-order valence-electron chi connectivity index (χ4n) is 0.886. The summed E-state index contributed by atoms with van der Waals surface area (Å²) in [4.78, 5) is 24.4. The van der Waals surface area contributed by atoms with Gasteiger partial charge < -0.3 is 10.4 Å². The number of thiazole rings is 1. The Kier molecular flexibility index (Phi) is 4.48. The van der Waals surface area contributed by atoms with E-state index in [1.165, 1.54) is 0 Å². The molecule has 0 saturated carbocycles. The Morgan fingerprint density at radius 3 is 2.61 bits per heavy atom. The van der Waals surface area contributed by atoms with Crippen LogP contribution in [0.25, 0.3) is 0 Å². The van der Waals surface area contributed by atoms with Gasteiger partial charge >= 0.3 is 18.2 Å². The van der Waals surface area contributed by atoms with E-state index in [0.717, 1.165) is 5.38 Å². The first-order valence-corrected chi connectivity index (χ1v) is 5.46. The molecule has 0 aliphatic carbocycles. The van der Waals surface area contributed by atoms with Crippen LogP contribution in [0.15, 0.2) is 5.38 Å². The fraction of sp³-hybridized carbons (Fsp3) is 0.375. The third-order valence-corrected chi connectivity index (χ3v) is 2.40. The number of aliphatic carboxylic acids is 1. The van der Waals surface area contributed by atoms with E-state index in [1.54, 1.807) is 0 Å². The van der Waals surface area contributed by atoms with Crippen LogP contribution in [0.5, 0.6) is 0 Å². The minimum Gasteiger partial charge on any atom is -0.481 e. The van der Waals surface area contributed by atoms with E-state index < -0.39 is 23.9 Å². The SMILES string of the molecule is O=C(O)CCNC(=O)Nc1nc(C(F)(F)F)cs1. The number of halogens is 3. The van der Waals surface area contributed by atoms with Gasteiger partial charge in [0.2, 0.25) is 0 Å². The van der Waals surface area contributed by atoms with Gasteiger partial charge in [-0.25, -0.2) is 9.78 Å². The van der Waals surface area contributed by atoms with Crippen LogP contribution >= 0.6 is 11.3 Å². The van der Waals surface area contributed by atoms with Crippen molar-refractivity contribution in [2.24, 2.45) is 0 Å². The first-order chi connectivity index (χ1) is 8.29. The summed E-state index contributed by atoms with van der Waals surface area (Å²) in [6, 6.07) is -0.806. The lowest BCUT2D eigenvalue weighted by Crippen LogP contribution is -2.30. The lowest BCUT2D eigenvalue weighted by molar-refractivity contribution is -0.140. The molecule has 0 bridgehead atoms. The minimum absolute atomic E-state index is 0.126. The second-order valence-electron chi connectivity index (χ2n) is 3.06. The zero-order chi connectivity index (χ0) is 13.8. The molecule has 0 aliphatic rings. The van der Waals surface area contributed by atoms with Crippen LogP contribution < -0.4 is 10.6 Å². The normalized spacial score (nSPS) is 11.1. The molecule has 3 N–H and O–H groups in total. The van der Waals surface area contributed by atoms with Crippen LogP contribution in [-0.4, -0.2) is 28.6 Å². The molecule has 0 aliphatic heterocycles. The molecular formula is C8H8F3N3O3S. The highest BCUT2D eigenvalue weighted by Crippen LogP contribution is 2.31. The predicted octanol–water partition coefficient (Wildman–Crippen LogP) is 1.76. The van der Waals surface area contributed by atoms with Crippen molar-refractivity contribution in [2.75, 3.05) is 11.9 Å². The monoisotopic (exact) mass is 283 g/mol. The number of nitrogens with zero attached hydrogens (tertiary/aromatic N) is 1. The van der Waals surface area contributed by atoms with Gasteiger partial charge in [0, 0.05) is 11.9 Å². The summed E-state index contributed by atoms with van der Waals surface area (Å²) in [6.45, 7) is -0.126. The molecule has 1 aromatic heterocycles. The zero-order valence-corrected chi connectivity index (χ0v) is 9.56. The molecule has 6 nitrogen and oxygen atoms in total. The van der Waals surface area contributed by atoms with Crippen LogP contribution in [0.1, 0.15) is 12.1 Å². The lowest BCUT2D eigenvalue weighted by Gasteiger charge is -2.03. The van der Waals surface area contributed by atoms with Gasteiger partial charge in [-0.1, -0.05) is 0 Å². The third kappa shape index (κ3) is 4.57. The molecule has 0 fully saturated rings. The van der Waals surface area contributed by atoms with Crippen LogP contribution in [0, 0.1) is 0 Å². The number of rotatable bonds is 4. The molecular weight excluding hydrogens is 275 g/mol. The largest absolute Gasteiger partial charge is 0.481 e. The van der Waals surface area contributed by atoms with E-state index in [4.69, 9.17) is 5.11 Å². The van der Waals surface area contributed by atoms with Crippen molar-refractivity contribution in [2.45, 2.75) is 12.6 Å². The number of hydrogen-bond donors (Lipinski definition) is 3. The van der Waals surface area contributed by atoms with E-state index >= 15 is 0 Å². The number of hydrogen-bond acceptors (Lipinski definition) is 4. The van der Waals surface area contributed by atoms with Crippen LogP contribution in [0.4, 0.5) is 23.1 Å². The molecule has 1 rings (SSSR count). The van der Waals surface area contributed by atoms with Crippen LogP contribution in [0.3, 0.4) is 0 Å². The first kappa shape index (κ1) is 14.2. The molecule has 0 unspecified atom stereocenters. The van der Waals surface area contributed by atoms with Crippen molar-refractivity contribution in [1.29, 1.82) is 0 Å². The smallest absolute Gasteiger partial charge is 0.434 e. The first-order valence-electron chi connectivity index (χ1n) is 4.58. The Hall–Kier alpha value is -1.84. The number of carbonyl (C=O) groups is 2. The standard InChI is InChI=1S/C8H8F3N3O3S/c9-8(10,11)4-3-18-7(13-4)14-6(17)12-2-1-5(15)16/h3H,1-2H2,(H,15,16)(H2,12,13,14,17). The van der Waals surface area contributed by atoms with E-state index in [1.807, 2.05) is 0 Å². The van der Waals surface area contributed by atoms with E-state index in [0.29, 0.717) is 11.3 Å². The average Bonchev–Trinajstić information content (AvgIpc) is 2.64. The Labute approximate surface area is 103 Å². The number of aromatic nitrogens is 1. The number of carbonyl (C=O) groups excluding carboxylic acids is 1. The number of alkyl halides is 3. The predicted molar refractivity (Wildman–Crippen MR) is 56.4 cm³/mol. The lowest BCUT2D eigenvalue weighted by atomic mass is 10.4. The topological polar surface area (TPSA) is 91.3 Å². The van der Waals surface area contributed by atoms with Gasteiger partial charge in [-0.3, -0.25) is 10.1 Å². The maximum atomic E-state index is 12.2. The maximum Gasteiger partial charge on any atom is 0.434 e. The second kappa shape index (κ2) is 5.67. The van der Waals surface area contributed by atoms with Crippen LogP contribution in [0.2, 0.25) is 0 Å². The average molecular weight is 283 g/mol. The zero-order valence-electron chi connectivity index (χ0n) is 8.74. The summed E-state index contributed by atoms with van der Waals surface area (Å²) in [5.41, 5.74) is -1.09.